The zero-order chi connectivity index (χ0) is 21.6. The van der Waals surface area contributed by atoms with Gasteiger partial charge in [-0.25, -0.2) is 8.42 Å². The highest BCUT2D eigenvalue weighted by Crippen LogP contribution is 2.34. The lowest BCUT2D eigenvalue weighted by molar-refractivity contribution is -0.136. The summed E-state index contributed by atoms with van der Waals surface area (Å²) in [5.74, 6) is -0.892. The van der Waals surface area contributed by atoms with E-state index in [9.17, 15) is 18.0 Å². The van der Waals surface area contributed by atoms with Crippen molar-refractivity contribution in [2.24, 2.45) is 0 Å². The highest BCUT2D eigenvalue weighted by molar-refractivity contribution is 7.89. The summed E-state index contributed by atoms with van der Waals surface area (Å²) in [5.41, 5.74) is 2.37. The Hall–Kier alpha value is -2.89. The zero-order valence-electron chi connectivity index (χ0n) is 16.4. The summed E-state index contributed by atoms with van der Waals surface area (Å²) in [6.45, 7) is 0.901. The van der Waals surface area contributed by atoms with Gasteiger partial charge in [-0.15, -0.1) is 0 Å². The predicted molar refractivity (Wildman–Crippen MR) is 115 cm³/mol. The summed E-state index contributed by atoms with van der Waals surface area (Å²) < 4.78 is 36.0. The fourth-order valence-corrected chi connectivity index (χ4v) is 6.30. The zero-order valence-corrected chi connectivity index (χ0v) is 18.0. The van der Waals surface area contributed by atoms with Gasteiger partial charge in [0, 0.05) is 38.3 Å². The molecule has 5 rings (SSSR count). The molecule has 1 fully saturated rings. The molecule has 11 heteroatoms. The molecule has 0 saturated carbocycles. The van der Waals surface area contributed by atoms with Crippen molar-refractivity contribution in [2.45, 2.75) is 17.2 Å². The topological polar surface area (TPSA) is 113 Å². The van der Waals surface area contributed by atoms with Crippen LogP contribution in [-0.4, -0.2) is 64.4 Å². The molecule has 3 heterocycles. The van der Waals surface area contributed by atoms with Crippen LogP contribution in [0.3, 0.4) is 0 Å². The van der Waals surface area contributed by atoms with Crippen molar-refractivity contribution >= 4 is 50.3 Å². The van der Waals surface area contributed by atoms with E-state index in [4.69, 9.17) is 0 Å². The fourth-order valence-electron chi connectivity index (χ4n) is 4.13. The van der Waals surface area contributed by atoms with E-state index < -0.39 is 15.9 Å². The number of para-hydroxylation sites is 1. The molecule has 2 amide bonds. The molecule has 2 aliphatic heterocycles. The van der Waals surface area contributed by atoms with Crippen LogP contribution in [-0.2, 0) is 19.6 Å². The molecule has 1 aromatic heterocycles. The number of sulfonamides is 1. The lowest BCUT2D eigenvalue weighted by Crippen LogP contribution is -2.52. The van der Waals surface area contributed by atoms with Gasteiger partial charge in [0.2, 0.25) is 21.8 Å². The molecule has 1 atom stereocenters. The molecule has 2 aromatic carbocycles. The molecule has 0 bridgehead atoms. The highest BCUT2D eigenvalue weighted by atomic mass is 32.2. The first-order valence-electron chi connectivity index (χ1n) is 9.84. The van der Waals surface area contributed by atoms with E-state index in [2.05, 4.69) is 14.1 Å². The first-order valence-corrected chi connectivity index (χ1v) is 12.0. The van der Waals surface area contributed by atoms with E-state index in [0.29, 0.717) is 16.7 Å². The van der Waals surface area contributed by atoms with Crippen LogP contribution in [0.15, 0.2) is 47.4 Å². The number of hydrogen-bond acceptors (Lipinski definition) is 7. The first-order chi connectivity index (χ1) is 14.9. The van der Waals surface area contributed by atoms with Crippen LogP contribution in [0.2, 0.25) is 0 Å². The number of hydrogen-bond donors (Lipinski definition) is 1. The molecule has 0 spiro atoms. The molecule has 2 aliphatic rings. The molecule has 1 N–H and O–H groups in total. The van der Waals surface area contributed by atoms with Crippen molar-refractivity contribution in [1.82, 2.24) is 18.0 Å². The Morgan fingerprint density at radius 1 is 1.03 bits per heavy atom. The summed E-state index contributed by atoms with van der Waals surface area (Å²) in [7, 11) is -3.75. The van der Waals surface area contributed by atoms with Gasteiger partial charge in [-0.2, -0.15) is 13.1 Å². The van der Waals surface area contributed by atoms with Gasteiger partial charge in [-0.3, -0.25) is 9.59 Å². The minimum absolute atomic E-state index is 0.0905. The van der Waals surface area contributed by atoms with Crippen molar-refractivity contribution < 1.29 is 18.0 Å². The number of carbonyl (C=O) groups excluding carboxylic acids is 2. The van der Waals surface area contributed by atoms with Crippen molar-refractivity contribution in [1.29, 1.82) is 0 Å². The summed E-state index contributed by atoms with van der Waals surface area (Å²) in [4.78, 5) is 27.0. The summed E-state index contributed by atoms with van der Waals surface area (Å²) in [6, 6.07) is 12.2. The maximum Gasteiger partial charge on any atom is 0.245 e. The van der Waals surface area contributed by atoms with Crippen LogP contribution >= 0.6 is 11.7 Å². The summed E-state index contributed by atoms with van der Waals surface area (Å²) >= 11 is 0.976. The van der Waals surface area contributed by atoms with Crippen molar-refractivity contribution in [3.8, 4) is 0 Å². The maximum atomic E-state index is 13.2. The molecular weight excluding hydrogens is 438 g/mol. The second kappa shape index (κ2) is 7.66. The molecule has 160 valence electrons. The number of fused-ring (bicyclic) bond motifs is 2. The van der Waals surface area contributed by atoms with E-state index in [1.165, 1.54) is 10.4 Å². The van der Waals surface area contributed by atoms with Gasteiger partial charge in [0.1, 0.15) is 15.9 Å². The normalized spacial score (nSPS) is 19.8. The Bertz CT molecular complexity index is 1280. The second-order valence-electron chi connectivity index (χ2n) is 7.51. The van der Waals surface area contributed by atoms with E-state index in [1.807, 2.05) is 18.2 Å². The average Bonchev–Trinajstić information content (AvgIpc) is 3.27. The Morgan fingerprint density at radius 3 is 2.61 bits per heavy atom. The lowest BCUT2D eigenvalue weighted by Gasteiger charge is -2.36. The van der Waals surface area contributed by atoms with Crippen molar-refractivity contribution in [3.05, 3.63) is 48.0 Å². The lowest BCUT2D eigenvalue weighted by atomic mass is 9.89. The van der Waals surface area contributed by atoms with Crippen molar-refractivity contribution in [3.63, 3.8) is 0 Å². The number of carbonyl (C=O) groups is 2. The van der Waals surface area contributed by atoms with Gasteiger partial charge in [-0.1, -0.05) is 24.3 Å². The second-order valence-corrected chi connectivity index (χ2v) is 9.94. The molecule has 1 unspecified atom stereocenters. The van der Waals surface area contributed by atoms with E-state index in [-0.39, 0.29) is 49.3 Å². The minimum atomic E-state index is -3.75. The molecule has 3 aromatic rings. The monoisotopic (exact) mass is 457 g/mol. The molecule has 0 aliphatic carbocycles. The number of amides is 2. The highest BCUT2D eigenvalue weighted by Gasteiger charge is 2.37. The van der Waals surface area contributed by atoms with Crippen LogP contribution in [0.5, 0.6) is 0 Å². The van der Waals surface area contributed by atoms with Crippen LogP contribution in [0, 0.1) is 0 Å². The minimum Gasteiger partial charge on any atom is -0.340 e. The Kier molecular flexibility index (Phi) is 4.95. The van der Waals surface area contributed by atoms with Gasteiger partial charge < -0.3 is 10.2 Å². The Morgan fingerprint density at radius 2 is 1.81 bits per heavy atom. The van der Waals surface area contributed by atoms with Gasteiger partial charge in [0.05, 0.1) is 17.6 Å². The summed E-state index contributed by atoms with van der Waals surface area (Å²) in [6.07, 6.45) is 0.0905. The number of piperazine rings is 1. The number of benzene rings is 2. The fraction of sp³-hybridized carbons (Fsp3) is 0.300. The summed E-state index contributed by atoms with van der Waals surface area (Å²) in [5, 5.41) is 2.80. The van der Waals surface area contributed by atoms with E-state index in [1.54, 1.807) is 23.1 Å². The number of nitrogens with one attached hydrogen (secondary N) is 1. The third kappa shape index (κ3) is 3.48. The van der Waals surface area contributed by atoms with Crippen LogP contribution in [0.25, 0.3) is 11.0 Å². The van der Waals surface area contributed by atoms with E-state index in [0.717, 1.165) is 17.3 Å². The molecule has 31 heavy (non-hydrogen) atoms. The van der Waals surface area contributed by atoms with Gasteiger partial charge in [0.25, 0.3) is 0 Å². The smallest absolute Gasteiger partial charge is 0.245 e. The number of nitrogens with zero attached hydrogens (tertiary/aromatic N) is 4. The number of rotatable bonds is 3. The average molecular weight is 458 g/mol. The molecule has 0 radical (unpaired) electrons. The standard InChI is InChI=1S/C20H19N5O4S2/c26-18-12-14(13-4-1-2-5-15(13)21-18)20(27)24-8-10-25(11-9-24)31(28,29)17-7-3-6-16-19(17)23-30-22-16/h1-7,14H,8-12H2,(H,21,26). The van der Waals surface area contributed by atoms with Crippen molar-refractivity contribution in [2.75, 3.05) is 31.5 Å². The Labute approximate surface area is 183 Å². The molecule has 1 saturated heterocycles. The van der Waals surface area contributed by atoms with Gasteiger partial charge >= 0.3 is 0 Å². The third-order valence-electron chi connectivity index (χ3n) is 5.72. The van der Waals surface area contributed by atoms with E-state index >= 15 is 0 Å². The quantitative estimate of drug-likeness (QED) is 0.640. The predicted octanol–water partition coefficient (Wildman–Crippen LogP) is 1.65. The van der Waals surface area contributed by atoms with Gasteiger partial charge in [-0.05, 0) is 23.8 Å². The largest absolute Gasteiger partial charge is 0.340 e. The molecule has 9 nitrogen and oxygen atoms in total. The van der Waals surface area contributed by atoms with Gasteiger partial charge in [0.15, 0.2) is 0 Å². The Balaban J connectivity index is 1.33. The van der Waals surface area contributed by atoms with Crippen LogP contribution < -0.4 is 5.32 Å². The number of anilines is 1. The van der Waals surface area contributed by atoms with Crippen LogP contribution in [0.1, 0.15) is 17.9 Å². The SMILES string of the molecule is O=C1CC(C(=O)N2CCN(S(=O)(=O)c3cccc4nsnc34)CC2)c2ccccc2N1. The molecular formula is C20H19N5O4S2. The number of aromatic nitrogens is 2. The van der Waals surface area contributed by atoms with Crippen LogP contribution in [0.4, 0.5) is 5.69 Å². The first kappa shape index (κ1) is 20.0. The third-order valence-corrected chi connectivity index (χ3v) is 8.19. The maximum absolute atomic E-state index is 13.2.